The van der Waals surface area contributed by atoms with Gasteiger partial charge in [-0.2, -0.15) is 0 Å². The molecule has 0 heterocycles. The Labute approximate surface area is 121 Å². The summed E-state index contributed by atoms with van der Waals surface area (Å²) in [6, 6.07) is 0. The van der Waals surface area contributed by atoms with E-state index in [1.807, 2.05) is 6.92 Å². The maximum absolute atomic E-state index is 12.3. The van der Waals surface area contributed by atoms with Crippen molar-refractivity contribution in [3.05, 3.63) is 0 Å². The number of carbonyl (C=O) groups is 2. The van der Waals surface area contributed by atoms with Gasteiger partial charge in [-0.1, -0.05) is 12.8 Å². The van der Waals surface area contributed by atoms with Crippen molar-refractivity contribution < 1.29 is 23.8 Å². The van der Waals surface area contributed by atoms with E-state index in [4.69, 9.17) is 14.2 Å². The number of carbonyl (C=O) groups excluding carboxylic acids is 2. The van der Waals surface area contributed by atoms with Crippen molar-refractivity contribution >= 4 is 11.9 Å². The highest BCUT2D eigenvalue weighted by molar-refractivity contribution is 6.00. The molecule has 0 spiro atoms. The van der Waals surface area contributed by atoms with E-state index in [1.54, 1.807) is 0 Å². The maximum Gasteiger partial charge on any atom is 0.323 e. The molecule has 5 nitrogen and oxygen atoms in total. The molecule has 1 rings (SSSR count). The van der Waals surface area contributed by atoms with Crippen LogP contribution in [0.25, 0.3) is 0 Å². The first kappa shape index (κ1) is 17.0. The quantitative estimate of drug-likeness (QED) is 0.389. The Morgan fingerprint density at radius 1 is 1.10 bits per heavy atom. The molecule has 1 saturated carbocycles. The van der Waals surface area contributed by atoms with E-state index in [2.05, 4.69) is 0 Å². The first-order chi connectivity index (χ1) is 9.63. The molecule has 0 N–H and O–H groups in total. The number of methoxy groups -OCH3 is 2. The van der Waals surface area contributed by atoms with E-state index in [-0.39, 0.29) is 5.92 Å². The van der Waals surface area contributed by atoms with Crippen molar-refractivity contribution in [3.8, 4) is 0 Å². The van der Waals surface area contributed by atoms with Gasteiger partial charge in [-0.25, -0.2) is 0 Å². The van der Waals surface area contributed by atoms with Gasteiger partial charge in [-0.3, -0.25) is 9.59 Å². The molecule has 20 heavy (non-hydrogen) atoms. The Hall–Kier alpha value is -1.10. The minimum absolute atomic E-state index is 0.0176. The zero-order valence-corrected chi connectivity index (χ0v) is 12.8. The van der Waals surface area contributed by atoms with Gasteiger partial charge < -0.3 is 14.2 Å². The van der Waals surface area contributed by atoms with Gasteiger partial charge in [0, 0.05) is 13.2 Å². The second-order valence-electron chi connectivity index (χ2n) is 5.24. The van der Waals surface area contributed by atoms with Gasteiger partial charge in [0.1, 0.15) is 0 Å². The molecule has 0 aromatic rings. The third kappa shape index (κ3) is 3.51. The third-order valence-corrected chi connectivity index (χ3v) is 4.22. The number of rotatable bonds is 8. The van der Waals surface area contributed by atoms with Crippen LogP contribution in [0.15, 0.2) is 0 Å². The summed E-state index contributed by atoms with van der Waals surface area (Å²) >= 11 is 0. The molecule has 0 aliphatic heterocycles. The summed E-state index contributed by atoms with van der Waals surface area (Å²) in [4.78, 5) is 24.6. The summed E-state index contributed by atoms with van der Waals surface area (Å²) in [6.45, 7) is 3.09. The van der Waals surface area contributed by atoms with Crippen molar-refractivity contribution in [1.82, 2.24) is 0 Å². The monoisotopic (exact) mass is 286 g/mol. The highest BCUT2D eigenvalue weighted by atomic mass is 16.5. The predicted molar refractivity (Wildman–Crippen MR) is 74.2 cm³/mol. The minimum atomic E-state index is -1.16. The van der Waals surface area contributed by atoms with Crippen LogP contribution < -0.4 is 0 Å². The molecule has 0 amide bonds. The average molecular weight is 286 g/mol. The molecule has 1 aliphatic rings. The normalized spacial score (nSPS) is 16.1. The van der Waals surface area contributed by atoms with Crippen molar-refractivity contribution in [3.63, 3.8) is 0 Å². The molecule has 1 fully saturated rings. The molecule has 0 atom stereocenters. The van der Waals surface area contributed by atoms with Crippen LogP contribution >= 0.6 is 0 Å². The minimum Gasteiger partial charge on any atom is -0.468 e. The van der Waals surface area contributed by atoms with E-state index in [0.717, 1.165) is 25.7 Å². The molecule has 5 heteroatoms. The third-order valence-electron chi connectivity index (χ3n) is 4.22. The number of hydrogen-bond acceptors (Lipinski definition) is 5. The molecular formula is C15H26O5. The molecule has 0 aromatic carbocycles. The molecule has 0 bridgehead atoms. The number of esters is 2. The fourth-order valence-electron chi connectivity index (χ4n) is 3.21. The number of ether oxygens (including phenoxy) is 3. The molecular weight excluding hydrogens is 260 g/mol. The number of hydrogen-bond donors (Lipinski definition) is 0. The van der Waals surface area contributed by atoms with Crippen LogP contribution in [-0.2, 0) is 23.8 Å². The summed E-state index contributed by atoms with van der Waals surface area (Å²) in [5, 5.41) is 0. The Morgan fingerprint density at radius 3 is 2.10 bits per heavy atom. The predicted octanol–water partition coefficient (Wildman–Crippen LogP) is 2.33. The van der Waals surface area contributed by atoms with Crippen molar-refractivity contribution in [2.45, 2.75) is 45.4 Å². The average Bonchev–Trinajstić information content (AvgIpc) is 3.00. The smallest absolute Gasteiger partial charge is 0.323 e. The van der Waals surface area contributed by atoms with E-state index >= 15 is 0 Å². The largest absolute Gasteiger partial charge is 0.468 e. The summed E-state index contributed by atoms with van der Waals surface area (Å²) in [5.41, 5.74) is -1.16. The Bertz CT molecular complexity index is 304. The molecule has 0 radical (unpaired) electrons. The highest BCUT2D eigenvalue weighted by Crippen LogP contribution is 2.45. The van der Waals surface area contributed by atoms with Crippen molar-refractivity contribution in [2.75, 3.05) is 27.4 Å². The maximum atomic E-state index is 12.3. The molecule has 0 aromatic heterocycles. The van der Waals surface area contributed by atoms with E-state index < -0.39 is 17.4 Å². The van der Waals surface area contributed by atoms with Gasteiger partial charge in [0.05, 0.1) is 14.2 Å². The van der Waals surface area contributed by atoms with E-state index in [9.17, 15) is 9.59 Å². The summed E-state index contributed by atoms with van der Waals surface area (Å²) in [5.74, 6) is -0.912. The van der Waals surface area contributed by atoms with E-state index in [1.165, 1.54) is 14.2 Å². The van der Waals surface area contributed by atoms with E-state index in [0.29, 0.717) is 26.1 Å². The molecule has 1 aliphatic carbocycles. The van der Waals surface area contributed by atoms with Crippen LogP contribution in [0, 0.1) is 11.3 Å². The zero-order chi connectivity index (χ0) is 15.0. The topological polar surface area (TPSA) is 61.8 Å². The van der Waals surface area contributed by atoms with Gasteiger partial charge >= 0.3 is 11.9 Å². The van der Waals surface area contributed by atoms with Gasteiger partial charge in [-0.15, -0.1) is 0 Å². The van der Waals surface area contributed by atoms with Gasteiger partial charge in [0.25, 0.3) is 0 Å². The zero-order valence-electron chi connectivity index (χ0n) is 12.8. The molecule has 0 unspecified atom stereocenters. The van der Waals surface area contributed by atoms with Crippen LogP contribution in [-0.4, -0.2) is 39.4 Å². The van der Waals surface area contributed by atoms with Crippen LogP contribution in [0.2, 0.25) is 0 Å². The first-order valence-electron chi connectivity index (χ1n) is 7.38. The lowest BCUT2D eigenvalue weighted by Gasteiger charge is -2.33. The van der Waals surface area contributed by atoms with Crippen LogP contribution in [0.3, 0.4) is 0 Å². The second kappa shape index (κ2) is 8.25. The Kier molecular flexibility index (Phi) is 6.99. The van der Waals surface area contributed by atoms with Crippen molar-refractivity contribution in [2.24, 2.45) is 11.3 Å². The van der Waals surface area contributed by atoms with Crippen molar-refractivity contribution in [1.29, 1.82) is 0 Å². The fourth-order valence-corrected chi connectivity index (χ4v) is 3.21. The SMILES string of the molecule is CCOCCCC(C(=O)OC)(C(=O)OC)C1CCCC1. The Morgan fingerprint density at radius 2 is 1.65 bits per heavy atom. The summed E-state index contributed by atoms with van der Waals surface area (Å²) < 4.78 is 15.2. The summed E-state index contributed by atoms with van der Waals surface area (Å²) in [6.07, 6.45) is 4.92. The standard InChI is InChI=1S/C15H26O5/c1-4-20-11-7-10-15(13(16)18-2,14(17)19-3)12-8-5-6-9-12/h12H,4-11H2,1-3H3. The second-order valence-corrected chi connectivity index (χ2v) is 5.24. The van der Waals surface area contributed by atoms with Crippen LogP contribution in [0.1, 0.15) is 45.4 Å². The Balaban J connectivity index is 2.92. The van der Waals surface area contributed by atoms with Crippen LogP contribution in [0.4, 0.5) is 0 Å². The fraction of sp³-hybridized carbons (Fsp3) is 0.867. The first-order valence-corrected chi connectivity index (χ1v) is 7.38. The summed E-state index contributed by atoms with van der Waals surface area (Å²) in [7, 11) is 2.66. The molecule has 0 saturated heterocycles. The van der Waals surface area contributed by atoms with Gasteiger partial charge in [-0.05, 0) is 38.5 Å². The van der Waals surface area contributed by atoms with Crippen LogP contribution in [0.5, 0.6) is 0 Å². The lowest BCUT2D eigenvalue weighted by molar-refractivity contribution is -0.175. The molecule has 116 valence electrons. The van der Waals surface area contributed by atoms with Gasteiger partial charge in [0.15, 0.2) is 5.41 Å². The highest BCUT2D eigenvalue weighted by Gasteiger charge is 2.54. The lowest BCUT2D eigenvalue weighted by Crippen LogP contribution is -2.46. The lowest BCUT2D eigenvalue weighted by atomic mass is 9.71. The van der Waals surface area contributed by atoms with Gasteiger partial charge in [0.2, 0.25) is 0 Å².